The van der Waals surface area contributed by atoms with Gasteiger partial charge in [-0.25, -0.2) is 4.39 Å². The highest BCUT2D eigenvalue weighted by Crippen LogP contribution is 2.18. The minimum atomic E-state index is -0.214. The van der Waals surface area contributed by atoms with Crippen LogP contribution in [0.15, 0.2) is 46.1 Å². The quantitative estimate of drug-likeness (QED) is 0.585. The Morgan fingerprint density at radius 3 is 2.36 bits per heavy atom. The highest BCUT2D eigenvalue weighted by molar-refractivity contribution is 7.07. The van der Waals surface area contributed by atoms with Crippen LogP contribution in [-0.2, 0) is 0 Å². The van der Waals surface area contributed by atoms with Gasteiger partial charge in [0.15, 0.2) is 5.96 Å². The molecule has 0 bridgehead atoms. The van der Waals surface area contributed by atoms with Crippen molar-refractivity contribution >= 4 is 17.3 Å². The summed E-state index contributed by atoms with van der Waals surface area (Å²) in [5, 5.41) is 11.0. The summed E-state index contributed by atoms with van der Waals surface area (Å²) in [7, 11) is 5.81. The van der Waals surface area contributed by atoms with Crippen molar-refractivity contribution in [3.63, 3.8) is 0 Å². The Hall–Kier alpha value is -1.92. The fourth-order valence-electron chi connectivity index (χ4n) is 2.62. The van der Waals surface area contributed by atoms with Gasteiger partial charge in [0.1, 0.15) is 5.82 Å². The molecule has 0 amide bonds. The van der Waals surface area contributed by atoms with Crippen LogP contribution in [0.1, 0.15) is 30.0 Å². The van der Waals surface area contributed by atoms with Crippen LogP contribution in [0.2, 0.25) is 0 Å². The Kier molecular flexibility index (Phi) is 7.40. The zero-order valence-corrected chi connectivity index (χ0v) is 16.1. The van der Waals surface area contributed by atoms with E-state index in [1.54, 1.807) is 18.4 Å². The molecule has 136 valence electrons. The van der Waals surface area contributed by atoms with E-state index >= 15 is 0 Å². The first-order valence-corrected chi connectivity index (χ1v) is 9.34. The summed E-state index contributed by atoms with van der Waals surface area (Å²) in [6.07, 6.45) is 0. The van der Waals surface area contributed by atoms with Crippen LogP contribution in [0.25, 0.3) is 0 Å². The van der Waals surface area contributed by atoms with Gasteiger partial charge in [0, 0.05) is 20.1 Å². The smallest absolute Gasteiger partial charge is 0.191 e. The van der Waals surface area contributed by atoms with E-state index in [9.17, 15) is 4.39 Å². The van der Waals surface area contributed by atoms with Crippen molar-refractivity contribution in [3.05, 3.63) is 58.0 Å². The van der Waals surface area contributed by atoms with E-state index in [0.717, 1.165) is 18.1 Å². The third kappa shape index (κ3) is 5.83. The first kappa shape index (κ1) is 19.4. The Morgan fingerprint density at radius 2 is 1.80 bits per heavy atom. The predicted octanol–water partition coefficient (Wildman–Crippen LogP) is 3.46. The molecule has 6 heteroatoms. The van der Waals surface area contributed by atoms with Crippen molar-refractivity contribution in [2.45, 2.75) is 18.9 Å². The van der Waals surface area contributed by atoms with Crippen molar-refractivity contribution in [3.8, 4) is 0 Å². The van der Waals surface area contributed by atoms with Gasteiger partial charge in [0.05, 0.1) is 6.04 Å². The van der Waals surface area contributed by atoms with Crippen molar-refractivity contribution in [1.29, 1.82) is 0 Å². The zero-order chi connectivity index (χ0) is 18.2. The summed E-state index contributed by atoms with van der Waals surface area (Å²) in [6, 6.07) is 8.95. The molecule has 4 nitrogen and oxygen atoms in total. The minimum absolute atomic E-state index is 0.133. The topological polar surface area (TPSA) is 39.7 Å². The lowest BCUT2D eigenvalue weighted by Gasteiger charge is -2.26. The molecule has 0 saturated carbocycles. The highest BCUT2D eigenvalue weighted by atomic mass is 32.1. The van der Waals surface area contributed by atoms with E-state index in [0.29, 0.717) is 12.5 Å². The number of hydrogen-bond acceptors (Lipinski definition) is 3. The van der Waals surface area contributed by atoms with Crippen molar-refractivity contribution < 1.29 is 4.39 Å². The monoisotopic (exact) mass is 362 g/mol. The standard InChI is InChI=1S/C19H27FN4S/c1-14(16-9-10-25-13-16)11-22-19(21-2)23-12-18(24(3)4)15-5-7-17(20)8-6-15/h5-10,13-14,18H,11-12H2,1-4H3,(H2,21,22,23). The lowest BCUT2D eigenvalue weighted by molar-refractivity contribution is 0.298. The second-order valence-electron chi connectivity index (χ2n) is 6.32. The molecule has 2 atom stereocenters. The molecule has 0 aliphatic carbocycles. The molecule has 0 spiro atoms. The fourth-order valence-corrected chi connectivity index (χ4v) is 3.40. The lowest BCUT2D eigenvalue weighted by atomic mass is 10.1. The number of guanidine groups is 1. The third-order valence-electron chi connectivity index (χ3n) is 4.25. The number of nitrogens with one attached hydrogen (secondary N) is 2. The van der Waals surface area contributed by atoms with Gasteiger partial charge in [-0.3, -0.25) is 4.99 Å². The molecular formula is C19H27FN4S. The zero-order valence-electron chi connectivity index (χ0n) is 15.3. The number of thiophene rings is 1. The SMILES string of the molecule is CN=C(NCC(C)c1ccsc1)NCC(c1ccc(F)cc1)N(C)C. The Morgan fingerprint density at radius 1 is 1.12 bits per heavy atom. The summed E-state index contributed by atoms with van der Waals surface area (Å²) in [5.41, 5.74) is 2.41. The van der Waals surface area contributed by atoms with E-state index in [1.165, 1.54) is 17.7 Å². The van der Waals surface area contributed by atoms with E-state index in [1.807, 2.05) is 26.2 Å². The van der Waals surface area contributed by atoms with Gasteiger partial charge in [-0.15, -0.1) is 0 Å². The second-order valence-corrected chi connectivity index (χ2v) is 7.10. The van der Waals surface area contributed by atoms with Gasteiger partial charge in [-0.2, -0.15) is 11.3 Å². The highest BCUT2D eigenvalue weighted by Gasteiger charge is 2.15. The summed E-state index contributed by atoms with van der Waals surface area (Å²) in [5.74, 6) is 0.983. The van der Waals surface area contributed by atoms with Gasteiger partial charge in [0.25, 0.3) is 0 Å². The average molecular weight is 363 g/mol. The van der Waals surface area contributed by atoms with Gasteiger partial charge in [-0.1, -0.05) is 19.1 Å². The van der Waals surface area contributed by atoms with Gasteiger partial charge in [0.2, 0.25) is 0 Å². The van der Waals surface area contributed by atoms with Crippen LogP contribution < -0.4 is 10.6 Å². The molecule has 0 aliphatic rings. The maximum atomic E-state index is 13.2. The van der Waals surface area contributed by atoms with Crippen LogP contribution in [0.3, 0.4) is 0 Å². The largest absolute Gasteiger partial charge is 0.356 e. The van der Waals surface area contributed by atoms with Crippen LogP contribution in [0.4, 0.5) is 4.39 Å². The molecule has 25 heavy (non-hydrogen) atoms. The van der Waals surface area contributed by atoms with E-state index in [4.69, 9.17) is 0 Å². The van der Waals surface area contributed by atoms with E-state index in [2.05, 4.69) is 44.3 Å². The number of hydrogen-bond donors (Lipinski definition) is 2. The van der Waals surface area contributed by atoms with Crippen LogP contribution in [-0.4, -0.2) is 45.1 Å². The van der Waals surface area contributed by atoms with Crippen LogP contribution in [0.5, 0.6) is 0 Å². The number of rotatable bonds is 7. The third-order valence-corrected chi connectivity index (χ3v) is 4.95. The number of halogens is 1. The molecule has 2 rings (SSSR count). The first-order chi connectivity index (χ1) is 12.0. The van der Waals surface area contributed by atoms with Crippen LogP contribution >= 0.6 is 11.3 Å². The van der Waals surface area contributed by atoms with Crippen LogP contribution in [0, 0.1) is 5.82 Å². The summed E-state index contributed by atoms with van der Waals surface area (Å²) >= 11 is 1.72. The predicted molar refractivity (Wildman–Crippen MR) is 105 cm³/mol. The normalized spacial score (nSPS) is 14.4. The molecule has 1 aromatic carbocycles. The molecule has 2 unspecified atom stereocenters. The Labute approximate surface area is 153 Å². The maximum Gasteiger partial charge on any atom is 0.191 e. The number of nitrogens with zero attached hydrogens (tertiary/aromatic N) is 2. The molecule has 0 radical (unpaired) electrons. The van der Waals surface area contributed by atoms with E-state index < -0.39 is 0 Å². The van der Waals surface area contributed by atoms with E-state index in [-0.39, 0.29) is 11.9 Å². The summed E-state index contributed by atoms with van der Waals surface area (Å²) < 4.78 is 13.2. The second kappa shape index (κ2) is 9.53. The fraction of sp³-hybridized carbons (Fsp3) is 0.421. The minimum Gasteiger partial charge on any atom is -0.356 e. The van der Waals surface area contributed by atoms with Crippen molar-refractivity contribution in [2.75, 3.05) is 34.2 Å². The van der Waals surface area contributed by atoms with Gasteiger partial charge < -0.3 is 15.5 Å². The number of aliphatic imine (C=N–C) groups is 1. The first-order valence-electron chi connectivity index (χ1n) is 8.39. The molecular weight excluding hydrogens is 335 g/mol. The summed E-state index contributed by atoms with van der Waals surface area (Å²) in [6.45, 7) is 3.70. The maximum absolute atomic E-state index is 13.2. The average Bonchev–Trinajstić information content (AvgIpc) is 3.13. The van der Waals surface area contributed by atoms with Gasteiger partial charge >= 0.3 is 0 Å². The molecule has 0 aliphatic heterocycles. The molecule has 0 saturated heterocycles. The molecule has 2 N–H and O–H groups in total. The van der Waals surface area contributed by atoms with Crippen molar-refractivity contribution in [2.24, 2.45) is 4.99 Å². The van der Waals surface area contributed by atoms with Crippen molar-refractivity contribution in [1.82, 2.24) is 15.5 Å². The molecule has 2 aromatic rings. The van der Waals surface area contributed by atoms with Gasteiger partial charge in [-0.05, 0) is 60.1 Å². The summed E-state index contributed by atoms with van der Waals surface area (Å²) in [4.78, 5) is 6.41. The lowest BCUT2D eigenvalue weighted by Crippen LogP contribution is -2.42. The molecule has 1 heterocycles. The Bertz CT molecular complexity index is 653. The molecule has 1 aromatic heterocycles. The number of benzene rings is 1. The Balaban J connectivity index is 1.90. The molecule has 0 fully saturated rings. The number of likely N-dealkylation sites (N-methyl/N-ethyl adjacent to an activating group) is 1.